The molecule has 0 aromatic rings. The number of nitrogens with two attached hydrogens (primary N) is 1. The summed E-state index contributed by atoms with van der Waals surface area (Å²) in [7, 11) is 1.63. The molecule has 0 saturated heterocycles. The monoisotopic (exact) mass is 241 g/mol. The van der Waals surface area contributed by atoms with Crippen LogP contribution in [0.4, 0.5) is 4.79 Å². The van der Waals surface area contributed by atoms with Crippen molar-refractivity contribution in [1.29, 1.82) is 0 Å². The van der Waals surface area contributed by atoms with E-state index >= 15 is 0 Å². The van der Waals surface area contributed by atoms with Crippen LogP contribution >= 0.6 is 0 Å². The lowest BCUT2D eigenvalue weighted by molar-refractivity contribution is 0.139. The fourth-order valence-electron chi connectivity index (χ4n) is 3.19. The summed E-state index contributed by atoms with van der Waals surface area (Å²) in [6, 6.07) is 0.292. The molecular weight excluding hydrogens is 218 g/mol. The van der Waals surface area contributed by atoms with Gasteiger partial charge in [-0.15, -0.1) is 0 Å². The third-order valence-electron chi connectivity index (χ3n) is 4.16. The Morgan fingerprint density at radius 1 is 1.41 bits per heavy atom. The van der Waals surface area contributed by atoms with Gasteiger partial charge in [-0.25, -0.2) is 4.79 Å². The van der Waals surface area contributed by atoms with E-state index in [1.807, 2.05) is 0 Å². The van der Waals surface area contributed by atoms with Gasteiger partial charge in [-0.3, -0.25) is 0 Å². The van der Waals surface area contributed by atoms with Gasteiger partial charge in [0.2, 0.25) is 0 Å². The Morgan fingerprint density at radius 3 is 2.94 bits per heavy atom. The molecule has 5 nitrogen and oxygen atoms in total. The molecule has 4 N–H and O–H groups in total. The first-order valence-corrected chi connectivity index (χ1v) is 6.48. The van der Waals surface area contributed by atoms with Gasteiger partial charge < -0.3 is 21.1 Å². The number of rotatable bonds is 5. The number of nitrogens with one attached hydrogen (secondary N) is 2. The Hall–Kier alpha value is -0.810. The molecule has 2 amide bonds. The van der Waals surface area contributed by atoms with Crippen molar-refractivity contribution in [1.82, 2.24) is 10.6 Å². The van der Waals surface area contributed by atoms with E-state index in [-0.39, 0.29) is 6.03 Å². The average Bonchev–Trinajstić information content (AvgIpc) is 2.64. The molecule has 2 rings (SSSR count). The fourth-order valence-corrected chi connectivity index (χ4v) is 3.19. The Kier molecular flexibility index (Phi) is 4.23. The number of hydrogen-bond acceptors (Lipinski definition) is 3. The maximum absolute atomic E-state index is 11.6. The van der Waals surface area contributed by atoms with E-state index in [2.05, 4.69) is 10.6 Å². The summed E-state index contributed by atoms with van der Waals surface area (Å²) in [4.78, 5) is 11.6. The third kappa shape index (κ3) is 2.90. The van der Waals surface area contributed by atoms with Crippen LogP contribution in [0, 0.1) is 17.8 Å². The molecule has 5 heteroatoms. The minimum absolute atomic E-state index is 0.0679. The van der Waals surface area contributed by atoms with Gasteiger partial charge in [0.15, 0.2) is 0 Å². The molecule has 98 valence electrons. The minimum atomic E-state index is -0.0679. The van der Waals surface area contributed by atoms with Gasteiger partial charge in [0, 0.05) is 19.7 Å². The standard InChI is InChI=1S/C12H23N3O2/c1-17-3-2-14-12(16)15-11-6-9-4-8(7-13)5-10(9)11/h8-11H,2-7,13H2,1H3,(H2,14,15,16). The number of amides is 2. The van der Waals surface area contributed by atoms with E-state index in [0.717, 1.165) is 18.9 Å². The zero-order valence-corrected chi connectivity index (χ0v) is 10.4. The molecule has 0 spiro atoms. The molecule has 2 aliphatic rings. The number of carbonyl (C=O) groups is 1. The number of hydrogen-bond donors (Lipinski definition) is 3. The molecule has 0 aromatic heterocycles. The summed E-state index contributed by atoms with van der Waals surface area (Å²) >= 11 is 0. The predicted octanol–water partition coefficient (Wildman–Crippen LogP) is 0.305. The predicted molar refractivity (Wildman–Crippen MR) is 65.6 cm³/mol. The van der Waals surface area contributed by atoms with Crippen molar-refractivity contribution < 1.29 is 9.53 Å². The number of carbonyl (C=O) groups excluding carboxylic acids is 1. The van der Waals surface area contributed by atoms with Gasteiger partial charge in [0.25, 0.3) is 0 Å². The summed E-state index contributed by atoms with van der Waals surface area (Å²) in [6.45, 7) is 1.91. The van der Waals surface area contributed by atoms with Crippen molar-refractivity contribution in [3.63, 3.8) is 0 Å². The van der Waals surface area contributed by atoms with Gasteiger partial charge in [-0.1, -0.05) is 0 Å². The van der Waals surface area contributed by atoms with Crippen LogP contribution in [0.1, 0.15) is 19.3 Å². The molecular formula is C12H23N3O2. The zero-order chi connectivity index (χ0) is 12.3. The second-order valence-electron chi connectivity index (χ2n) is 5.23. The first kappa shape index (κ1) is 12.6. The molecule has 2 fully saturated rings. The number of fused-ring (bicyclic) bond motifs is 1. The Bertz CT molecular complexity index is 272. The van der Waals surface area contributed by atoms with Crippen molar-refractivity contribution in [2.24, 2.45) is 23.5 Å². The second-order valence-corrected chi connectivity index (χ2v) is 5.23. The topological polar surface area (TPSA) is 76.4 Å². The van der Waals surface area contributed by atoms with E-state index in [9.17, 15) is 4.79 Å². The molecule has 0 aromatic carbocycles. The minimum Gasteiger partial charge on any atom is -0.383 e. The molecule has 17 heavy (non-hydrogen) atoms. The van der Waals surface area contributed by atoms with Crippen LogP contribution in [0.25, 0.3) is 0 Å². The highest BCUT2D eigenvalue weighted by Crippen LogP contribution is 2.49. The lowest BCUT2D eigenvalue weighted by Crippen LogP contribution is -2.53. The van der Waals surface area contributed by atoms with Crippen molar-refractivity contribution in [3.05, 3.63) is 0 Å². The molecule has 0 heterocycles. The second kappa shape index (κ2) is 5.69. The van der Waals surface area contributed by atoms with Crippen molar-refractivity contribution in [3.8, 4) is 0 Å². The van der Waals surface area contributed by atoms with Gasteiger partial charge in [-0.2, -0.15) is 0 Å². The number of urea groups is 1. The molecule has 0 bridgehead atoms. The largest absolute Gasteiger partial charge is 0.383 e. The zero-order valence-electron chi connectivity index (χ0n) is 10.4. The van der Waals surface area contributed by atoms with Crippen LogP contribution in [0.15, 0.2) is 0 Å². The lowest BCUT2D eigenvalue weighted by atomic mass is 9.71. The van der Waals surface area contributed by atoms with Crippen LogP contribution in [0.2, 0.25) is 0 Å². The van der Waals surface area contributed by atoms with E-state index < -0.39 is 0 Å². The van der Waals surface area contributed by atoms with E-state index in [1.54, 1.807) is 7.11 Å². The Morgan fingerprint density at radius 2 is 2.24 bits per heavy atom. The summed E-state index contributed by atoms with van der Waals surface area (Å²) in [5.41, 5.74) is 5.70. The van der Waals surface area contributed by atoms with Crippen LogP contribution in [-0.4, -0.2) is 38.9 Å². The van der Waals surface area contributed by atoms with Crippen LogP contribution in [0.5, 0.6) is 0 Å². The quantitative estimate of drug-likeness (QED) is 0.606. The first-order valence-electron chi connectivity index (χ1n) is 6.48. The maximum Gasteiger partial charge on any atom is 0.315 e. The van der Waals surface area contributed by atoms with Gasteiger partial charge in [0.05, 0.1) is 6.61 Å². The molecule has 4 atom stereocenters. The Labute approximate surface area is 102 Å². The molecule has 2 saturated carbocycles. The first-order chi connectivity index (χ1) is 8.24. The highest BCUT2D eigenvalue weighted by atomic mass is 16.5. The summed E-state index contributed by atoms with van der Waals surface area (Å²) in [5.74, 6) is 2.14. The SMILES string of the molecule is COCCNC(=O)NC1CC2CC(CN)CC21. The molecule has 0 radical (unpaired) electrons. The summed E-state index contributed by atoms with van der Waals surface area (Å²) < 4.78 is 4.88. The van der Waals surface area contributed by atoms with E-state index in [4.69, 9.17) is 10.5 Å². The summed E-state index contributed by atoms with van der Waals surface area (Å²) in [5, 5.41) is 5.83. The van der Waals surface area contributed by atoms with Crippen molar-refractivity contribution in [2.75, 3.05) is 26.8 Å². The van der Waals surface area contributed by atoms with Crippen LogP contribution in [-0.2, 0) is 4.74 Å². The van der Waals surface area contributed by atoms with Crippen molar-refractivity contribution >= 4 is 6.03 Å². The highest BCUT2D eigenvalue weighted by molar-refractivity contribution is 5.74. The molecule has 0 aliphatic heterocycles. The third-order valence-corrected chi connectivity index (χ3v) is 4.16. The number of methoxy groups -OCH3 is 1. The maximum atomic E-state index is 11.6. The fraction of sp³-hybridized carbons (Fsp3) is 0.917. The highest BCUT2D eigenvalue weighted by Gasteiger charge is 2.47. The Balaban J connectivity index is 1.66. The van der Waals surface area contributed by atoms with E-state index in [1.165, 1.54) is 12.8 Å². The van der Waals surface area contributed by atoms with Gasteiger partial charge >= 0.3 is 6.03 Å². The van der Waals surface area contributed by atoms with Crippen LogP contribution < -0.4 is 16.4 Å². The van der Waals surface area contributed by atoms with Gasteiger partial charge in [0.1, 0.15) is 0 Å². The summed E-state index contributed by atoms with van der Waals surface area (Å²) in [6.07, 6.45) is 3.56. The van der Waals surface area contributed by atoms with E-state index in [0.29, 0.717) is 31.0 Å². The normalized spacial score (nSPS) is 34.9. The smallest absolute Gasteiger partial charge is 0.315 e. The molecule has 2 aliphatic carbocycles. The van der Waals surface area contributed by atoms with Crippen LogP contribution in [0.3, 0.4) is 0 Å². The van der Waals surface area contributed by atoms with Gasteiger partial charge in [-0.05, 0) is 43.6 Å². The van der Waals surface area contributed by atoms with Crippen molar-refractivity contribution in [2.45, 2.75) is 25.3 Å². The average molecular weight is 241 g/mol. The molecule has 4 unspecified atom stereocenters. The lowest BCUT2D eigenvalue weighted by Gasteiger charge is -2.40. The number of ether oxygens (including phenoxy) is 1.